The van der Waals surface area contributed by atoms with Crippen LogP contribution < -0.4 is 15.4 Å². The van der Waals surface area contributed by atoms with E-state index in [9.17, 15) is 19.7 Å². The number of rotatable bonds is 11. The number of aromatic nitrogens is 1. The zero-order valence-corrected chi connectivity index (χ0v) is 24.6. The van der Waals surface area contributed by atoms with Crippen LogP contribution in [0, 0.1) is 10.1 Å². The first-order valence-electron chi connectivity index (χ1n) is 13.3. The summed E-state index contributed by atoms with van der Waals surface area (Å²) in [6.07, 6.45) is 0. The largest absolute Gasteiger partial charge is 0.494 e. The van der Waals surface area contributed by atoms with E-state index in [1.807, 2.05) is 73.0 Å². The van der Waals surface area contributed by atoms with E-state index in [0.29, 0.717) is 23.0 Å². The molecule has 0 aliphatic heterocycles. The topological polar surface area (TPSA) is 123 Å². The van der Waals surface area contributed by atoms with Crippen molar-refractivity contribution in [3.8, 4) is 17.0 Å². The molecule has 0 saturated carbocycles. The van der Waals surface area contributed by atoms with Crippen molar-refractivity contribution < 1.29 is 19.2 Å². The van der Waals surface area contributed by atoms with E-state index >= 15 is 0 Å². The number of nitrogens with zero attached hydrogens (tertiary/aromatic N) is 2. The number of hydrogen-bond donors (Lipinski definition) is 2. The van der Waals surface area contributed by atoms with E-state index in [1.54, 1.807) is 18.2 Å². The Bertz CT molecular complexity index is 1730. The number of thiazole rings is 1. The molecule has 2 amide bonds. The Morgan fingerprint density at radius 1 is 0.953 bits per heavy atom. The molecule has 5 aromatic rings. The fourth-order valence-electron chi connectivity index (χ4n) is 4.15. The third kappa shape index (κ3) is 7.64. The maximum absolute atomic E-state index is 13.6. The molecule has 2 N–H and O–H groups in total. The number of benzene rings is 4. The summed E-state index contributed by atoms with van der Waals surface area (Å²) in [5.41, 5.74) is 3.21. The Morgan fingerprint density at radius 2 is 1.70 bits per heavy atom. The summed E-state index contributed by atoms with van der Waals surface area (Å²) >= 11 is 2.69. The molecule has 0 aliphatic carbocycles. The van der Waals surface area contributed by atoms with Crippen molar-refractivity contribution in [1.82, 2.24) is 4.98 Å². The number of nitro groups is 1. The first-order chi connectivity index (χ1) is 20.9. The number of nitro benzene ring substituents is 1. The lowest BCUT2D eigenvalue weighted by molar-refractivity contribution is -0.384. The zero-order chi connectivity index (χ0) is 30.2. The molecule has 43 heavy (non-hydrogen) atoms. The van der Waals surface area contributed by atoms with Gasteiger partial charge in [0.05, 0.1) is 17.2 Å². The van der Waals surface area contributed by atoms with Crippen LogP contribution in [-0.4, -0.2) is 28.3 Å². The fraction of sp³-hybridized carbons (Fsp3) is 0.0938. The fourth-order valence-corrected chi connectivity index (χ4v) is 5.95. The van der Waals surface area contributed by atoms with Gasteiger partial charge < -0.3 is 15.4 Å². The standard InChI is InChI=1S/C32H26N4O5S2/c1-2-41-26-17-13-21(14-18-26)28-20-42-32(34-28)35-31(38)29(22-7-4-3-5-8-22)43-27-10-6-9-24(19-27)33-30(37)23-11-15-25(16-12-23)36(39)40/h3-20,29H,2H2,1H3,(H,33,37)(H,34,35,38). The predicted molar refractivity (Wildman–Crippen MR) is 170 cm³/mol. The molecule has 0 spiro atoms. The lowest BCUT2D eigenvalue weighted by atomic mass is 10.1. The summed E-state index contributed by atoms with van der Waals surface area (Å²) in [4.78, 5) is 42.1. The minimum absolute atomic E-state index is 0.0923. The maximum Gasteiger partial charge on any atom is 0.269 e. The van der Waals surface area contributed by atoms with Gasteiger partial charge in [0.15, 0.2) is 5.13 Å². The van der Waals surface area contributed by atoms with Gasteiger partial charge in [0, 0.05) is 39.2 Å². The molecule has 5 rings (SSSR count). The van der Waals surface area contributed by atoms with Gasteiger partial charge in [-0.15, -0.1) is 23.1 Å². The second-order valence-corrected chi connectivity index (χ2v) is 11.2. The normalized spacial score (nSPS) is 11.4. The first kappa shape index (κ1) is 29.5. The molecule has 1 unspecified atom stereocenters. The molecule has 0 aliphatic rings. The Kier molecular flexibility index (Phi) is 9.45. The maximum atomic E-state index is 13.6. The number of anilines is 2. The Hall–Kier alpha value is -5.00. The second kappa shape index (κ2) is 13.8. The molecule has 0 fully saturated rings. The summed E-state index contributed by atoms with van der Waals surface area (Å²) in [6, 6.07) is 29.6. The van der Waals surface area contributed by atoms with E-state index in [0.717, 1.165) is 27.5 Å². The van der Waals surface area contributed by atoms with E-state index in [2.05, 4.69) is 15.6 Å². The van der Waals surface area contributed by atoms with Crippen molar-refractivity contribution in [2.45, 2.75) is 17.1 Å². The number of non-ortho nitro benzene ring substituents is 1. The third-order valence-corrected chi connectivity index (χ3v) is 8.23. The highest BCUT2D eigenvalue weighted by Gasteiger charge is 2.23. The minimum Gasteiger partial charge on any atom is -0.494 e. The summed E-state index contributed by atoms with van der Waals surface area (Å²) < 4.78 is 5.51. The van der Waals surface area contributed by atoms with Gasteiger partial charge in [-0.05, 0) is 67.1 Å². The monoisotopic (exact) mass is 610 g/mol. The molecule has 216 valence electrons. The van der Waals surface area contributed by atoms with E-state index in [4.69, 9.17) is 4.74 Å². The Morgan fingerprint density at radius 3 is 2.40 bits per heavy atom. The van der Waals surface area contributed by atoms with Crippen LogP contribution in [0.15, 0.2) is 113 Å². The molecule has 0 radical (unpaired) electrons. The number of thioether (sulfide) groups is 1. The lowest BCUT2D eigenvalue weighted by Crippen LogP contribution is -2.19. The third-order valence-electron chi connectivity index (χ3n) is 6.22. The minimum atomic E-state index is -0.598. The number of nitrogens with one attached hydrogen (secondary N) is 2. The molecule has 1 heterocycles. The van der Waals surface area contributed by atoms with Gasteiger partial charge in [0.2, 0.25) is 5.91 Å². The summed E-state index contributed by atoms with van der Waals surface area (Å²) in [5.74, 6) is 0.151. The van der Waals surface area contributed by atoms with Crippen LogP contribution in [0.3, 0.4) is 0 Å². The van der Waals surface area contributed by atoms with E-state index < -0.39 is 16.1 Å². The van der Waals surface area contributed by atoms with Gasteiger partial charge in [0.25, 0.3) is 11.6 Å². The smallest absolute Gasteiger partial charge is 0.269 e. The predicted octanol–water partition coefficient (Wildman–Crippen LogP) is 7.84. The van der Waals surface area contributed by atoms with Crippen LogP contribution in [0.25, 0.3) is 11.3 Å². The highest BCUT2D eigenvalue weighted by molar-refractivity contribution is 8.00. The van der Waals surface area contributed by atoms with Gasteiger partial charge in [-0.25, -0.2) is 4.98 Å². The molecular formula is C32H26N4O5S2. The molecule has 11 heteroatoms. The van der Waals surface area contributed by atoms with Gasteiger partial charge in [0.1, 0.15) is 11.0 Å². The van der Waals surface area contributed by atoms with Crippen LogP contribution >= 0.6 is 23.1 Å². The van der Waals surface area contributed by atoms with Gasteiger partial charge in [-0.1, -0.05) is 36.4 Å². The highest BCUT2D eigenvalue weighted by Crippen LogP contribution is 2.38. The molecule has 1 aromatic heterocycles. The van der Waals surface area contributed by atoms with E-state index in [1.165, 1.54) is 47.4 Å². The molecule has 4 aromatic carbocycles. The zero-order valence-electron chi connectivity index (χ0n) is 22.9. The number of carbonyl (C=O) groups is 2. The van der Waals surface area contributed by atoms with Crippen LogP contribution in [0.2, 0.25) is 0 Å². The van der Waals surface area contributed by atoms with Gasteiger partial charge >= 0.3 is 0 Å². The van der Waals surface area contributed by atoms with E-state index in [-0.39, 0.29) is 11.6 Å². The number of ether oxygens (including phenoxy) is 1. The van der Waals surface area contributed by atoms with Crippen molar-refractivity contribution in [3.63, 3.8) is 0 Å². The molecule has 9 nitrogen and oxygen atoms in total. The van der Waals surface area contributed by atoms with Crippen molar-refractivity contribution in [3.05, 3.63) is 130 Å². The lowest BCUT2D eigenvalue weighted by Gasteiger charge is -2.17. The van der Waals surface area contributed by atoms with Gasteiger partial charge in [-0.3, -0.25) is 19.7 Å². The Labute approximate surface area is 256 Å². The van der Waals surface area contributed by atoms with Crippen LogP contribution in [0.5, 0.6) is 5.75 Å². The molecule has 1 atom stereocenters. The average molecular weight is 611 g/mol. The SMILES string of the molecule is CCOc1ccc(-c2csc(NC(=O)C(Sc3cccc(NC(=O)c4ccc([N+](=O)[O-])cc4)c3)c3ccccc3)n2)cc1. The molecular weight excluding hydrogens is 585 g/mol. The first-order valence-corrected chi connectivity index (χ1v) is 15.0. The van der Waals surface area contributed by atoms with Crippen LogP contribution in [-0.2, 0) is 4.79 Å². The summed E-state index contributed by atoms with van der Waals surface area (Å²) in [6.45, 7) is 2.53. The summed E-state index contributed by atoms with van der Waals surface area (Å²) in [5, 5.41) is 18.5. The van der Waals surface area contributed by atoms with Crippen molar-refractivity contribution in [2.24, 2.45) is 0 Å². The number of hydrogen-bond acceptors (Lipinski definition) is 8. The van der Waals surface area contributed by atoms with Gasteiger partial charge in [-0.2, -0.15) is 0 Å². The van der Waals surface area contributed by atoms with Crippen molar-refractivity contribution in [2.75, 3.05) is 17.2 Å². The van der Waals surface area contributed by atoms with Crippen molar-refractivity contribution >= 4 is 51.4 Å². The quantitative estimate of drug-likeness (QED) is 0.0887. The molecule has 0 bridgehead atoms. The molecule has 0 saturated heterocycles. The number of amides is 2. The van der Waals surface area contributed by atoms with Crippen molar-refractivity contribution in [1.29, 1.82) is 0 Å². The van der Waals surface area contributed by atoms with Crippen LogP contribution in [0.1, 0.15) is 28.1 Å². The summed E-state index contributed by atoms with van der Waals surface area (Å²) in [7, 11) is 0. The second-order valence-electron chi connectivity index (χ2n) is 9.18. The number of carbonyl (C=O) groups excluding carboxylic acids is 2. The average Bonchev–Trinajstić information content (AvgIpc) is 3.49. The highest BCUT2D eigenvalue weighted by atomic mass is 32.2. The van der Waals surface area contributed by atoms with Crippen LogP contribution in [0.4, 0.5) is 16.5 Å². The Balaban J connectivity index is 1.30.